The number of aromatic amines is 1. The minimum absolute atomic E-state index is 0.337. The SMILES string of the molecule is COCc1nc([C@H]2CN(c3ccnc(C)c3Cl)C[C@@H]2C2CC2)n[nH]1. The number of aryl methyl sites for hydroxylation is 1. The molecule has 0 aromatic carbocycles. The van der Waals surface area contributed by atoms with E-state index >= 15 is 0 Å². The Balaban J connectivity index is 1.60. The first-order valence-electron chi connectivity index (χ1n) is 8.43. The van der Waals surface area contributed by atoms with Crippen LogP contribution in [0.4, 0.5) is 5.69 Å². The number of anilines is 1. The molecular weight excluding hydrogens is 326 g/mol. The Morgan fingerprint density at radius 3 is 2.96 bits per heavy atom. The summed E-state index contributed by atoms with van der Waals surface area (Å²) in [5.74, 6) is 3.40. The fraction of sp³-hybridized carbons (Fsp3) is 0.588. The van der Waals surface area contributed by atoms with Crippen LogP contribution in [0.1, 0.15) is 36.1 Å². The molecule has 1 saturated heterocycles. The van der Waals surface area contributed by atoms with Crippen LogP contribution in [-0.4, -0.2) is 40.4 Å². The Kier molecular flexibility index (Phi) is 4.18. The van der Waals surface area contributed by atoms with Gasteiger partial charge in [-0.3, -0.25) is 10.1 Å². The minimum atomic E-state index is 0.337. The number of H-pyrrole nitrogens is 1. The highest BCUT2D eigenvalue weighted by molar-refractivity contribution is 6.33. The van der Waals surface area contributed by atoms with Crippen LogP contribution in [0.25, 0.3) is 0 Å². The van der Waals surface area contributed by atoms with Crippen LogP contribution in [0.3, 0.4) is 0 Å². The molecular formula is C17H22ClN5O. The lowest BCUT2D eigenvalue weighted by Gasteiger charge is -2.20. The lowest BCUT2D eigenvalue weighted by molar-refractivity contribution is 0.178. The molecule has 2 aromatic rings. The molecule has 7 heteroatoms. The van der Waals surface area contributed by atoms with Gasteiger partial charge in [0, 0.05) is 32.3 Å². The second-order valence-corrected chi connectivity index (χ2v) is 7.19. The highest BCUT2D eigenvalue weighted by Crippen LogP contribution is 2.48. The summed E-state index contributed by atoms with van der Waals surface area (Å²) >= 11 is 6.50. The fourth-order valence-corrected chi connectivity index (χ4v) is 3.99. The van der Waals surface area contributed by atoms with E-state index in [1.807, 2.05) is 19.2 Å². The molecule has 0 amide bonds. The summed E-state index contributed by atoms with van der Waals surface area (Å²) in [5.41, 5.74) is 1.95. The molecule has 4 rings (SSSR count). The van der Waals surface area contributed by atoms with Gasteiger partial charge in [0.15, 0.2) is 11.6 Å². The van der Waals surface area contributed by atoms with Gasteiger partial charge in [-0.15, -0.1) is 0 Å². The molecule has 0 radical (unpaired) electrons. The molecule has 2 fully saturated rings. The Morgan fingerprint density at radius 2 is 2.21 bits per heavy atom. The summed E-state index contributed by atoms with van der Waals surface area (Å²) in [6, 6.07) is 2.01. The molecule has 2 aliphatic rings. The van der Waals surface area contributed by atoms with Crippen LogP contribution in [0, 0.1) is 18.8 Å². The van der Waals surface area contributed by atoms with E-state index in [-0.39, 0.29) is 0 Å². The van der Waals surface area contributed by atoms with Gasteiger partial charge < -0.3 is 9.64 Å². The molecule has 24 heavy (non-hydrogen) atoms. The third-order valence-corrected chi connectivity index (χ3v) is 5.61. The van der Waals surface area contributed by atoms with Gasteiger partial charge in [-0.2, -0.15) is 5.10 Å². The van der Waals surface area contributed by atoms with E-state index < -0.39 is 0 Å². The molecule has 2 atom stereocenters. The Bertz CT molecular complexity index is 730. The highest BCUT2D eigenvalue weighted by Gasteiger charge is 2.45. The number of pyridine rings is 1. The van der Waals surface area contributed by atoms with E-state index in [0.29, 0.717) is 18.4 Å². The van der Waals surface area contributed by atoms with Crippen molar-refractivity contribution in [3.8, 4) is 0 Å². The fourth-order valence-electron chi connectivity index (χ4n) is 3.76. The van der Waals surface area contributed by atoms with Gasteiger partial charge in [0.25, 0.3) is 0 Å². The number of nitrogens with zero attached hydrogens (tertiary/aromatic N) is 4. The van der Waals surface area contributed by atoms with E-state index in [0.717, 1.165) is 47.1 Å². The van der Waals surface area contributed by atoms with Crippen LogP contribution >= 0.6 is 11.6 Å². The summed E-state index contributed by atoms with van der Waals surface area (Å²) < 4.78 is 5.14. The van der Waals surface area contributed by atoms with E-state index in [1.165, 1.54) is 12.8 Å². The Labute approximate surface area is 146 Å². The van der Waals surface area contributed by atoms with Crippen LogP contribution < -0.4 is 4.90 Å². The third-order valence-electron chi connectivity index (χ3n) is 5.14. The summed E-state index contributed by atoms with van der Waals surface area (Å²) in [6.45, 7) is 4.32. The van der Waals surface area contributed by atoms with Crippen molar-refractivity contribution >= 4 is 17.3 Å². The van der Waals surface area contributed by atoms with Crippen molar-refractivity contribution in [3.05, 3.63) is 34.6 Å². The van der Waals surface area contributed by atoms with Gasteiger partial charge in [-0.25, -0.2) is 4.98 Å². The highest BCUT2D eigenvalue weighted by atomic mass is 35.5. The molecule has 1 aliphatic carbocycles. The maximum atomic E-state index is 6.50. The lowest BCUT2D eigenvalue weighted by Crippen LogP contribution is -2.20. The number of nitrogens with one attached hydrogen (secondary N) is 1. The molecule has 0 unspecified atom stereocenters. The monoisotopic (exact) mass is 347 g/mol. The molecule has 0 spiro atoms. The molecule has 1 N–H and O–H groups in total. The molecule has 2 aromatic heterocycles. The van der Waals surface area contributed by atoms with E-state index in [1.54, 1.807) is 7.11 Å². The zero-order valence-electron chi connectivity index (χ0n) is 14.0. The summed E-state index contributed by atoms with van der Waals surface area (Å²) in [4.78, 5) is 11.3. The maximum absolute atomic E-state index is 6.50. The average molecular weight is 348 g/mol. The van der Waals surface area contributed by atoms with Crippen molar-refractivity contribution in [1.29, 1.82) is 0 Å². The number of halogens is 1. The molecule has 3 heterocycles. The first kappa shape index (κ1) is 15.8. The summed E-state index contributed by atoms with van der Waals surface area (Å²) in [7, 11) is 1.67. The third kappa shape index (κ3) is 2.89. The number of aromatic nitrogens is 4. The number of ether oxygens (including phenoxy) is 1. The van der Waals surface area contributed by atoms with Crippen molar-refractivity contribution in [2.24, 2.45) is 11.8 Å². The smallest absolute Gasteiger partial charge is 0.156 e. The van der Waals surface area contributed by atoms with Gasteiger partial charge in [0.05, 0.1) is 16.4 Å². The number of methoxy groups -OCH3 is 1. The summed E-state index contributed by atoms with van der Waals surface area (Å²) in [5, 5.41) is 8.21. The predicted octanol–water partition coefficient (Wildman–Crippen LogP) is 2.94. The zero-order chi connectivity index (χ0) is 16.7. The van der Waals surface area contributed by atoms with E-state index in [2.05, 4.69) is 25.1 Å². The quantitative estimate of drug-likeness (QED) is 0.900. The number of hydrogen-bond donors (Lipinski definition) is 1. The van der Waals surface area contributed by atoms with E-state index in [4.69, 9.17) is 16.3 Å². The first-order valence-corrected chi connectivity index (χ1v) is 8.81. The zero-order valence-corrected chi connectivity index (χ0v) is 14.8. The van der Waals surface area contributed by atoms with Gasteiger partial charge in [-0.05, 0) is 37.7 Å². The van der Waals surface area contributed by atoms with Crippen LogP contribution in [-0.2, 0) is 11.3 Å². The minimum Gasteiger partial charge on any atom is -0.377 e. The van der Waals surface area contributed by atoms with Gasteiger partial charge in [-0.1, -0.05) is 11.6 Å². The Morgan fingerprint density at radius 1 is 1.38 bits per heavy atom. The van der Waals surface area contributed by atoms with E-state index in [9.17, 15) is 0 Å². The van der Waals surface area contributed by atoms with Crippen LogP contribution in [0.2, 0.25) is 5.02 Å². The predicted molar refractivity (Wildman–Crippen MR) is 92.2 cm³/mol. The van der Waals surface area contributed by atoms with Crippen molar-refractivity contribution < 1.29 is 4.74 Å². The van der Waals surface area contributed by atoms with Gasteiger partial charge in [0.1, 0.15) is 6.61 Å². The number of rotatable bonds is 5. The second kappa shape index (κ2) is 6.33. The van der Waals surface area contributed by atoms with Crippen molar-refractivity contribution in [2.75, 3.05) is 25.1 Å². The van der Waals surface area contributed by atoms with Crippen molar-refractivity contribution in [2.45, 2.75) is 32.3 Å². The lowest BCUT2D eigenvalue weighted by atomic mass is 9.91. The average Bonchev–Trinajstić information content (AvgIpc) is 3.15. The molecule has 0 bridgehead atoms. The molecule has 128 valence electrons. The van der Waals surface area contributed by atoms with Crippen LogP contribution in [0.15, 0.2) is 12.3 Å². The molecule has 1 saturated carbocycles. The van der Waals surface area contributed by atoms with Crippen molar-refractivity contribution in [1.82, 2.24) is 20.2 Å². The number of hydrogen-bond acceptors (Lipinski definition) is 5. The van der Waals surface area contributed by atoms with Gasteiger partial charge in [0.2, 0.25) is 0 Å². The Hall–Kier alpha value is -1.66. The van der Waals surface area contributed by atoms with Crippen LogP contribution in [0.5, 0.6) is 0 Å². The largest absolute Gasteiger partial charge is 0.377 e. The summed E-state index contributed by atoms with van der Waals surface area (Å²) in [6.07, 6.45) is 4.46. The second-order valence-electron chi connectivity index (χ2n) is 6.82. The first-order chi connectivity index (χ1) is 11.7. The molecule has 6 nitrogen and oxygen atoms in total. The molecule has 1 aliphatic heterocycles. The van der Waals surface area contributed by atoms with Gasteiger partial charge >= 0.3 is 0 Å². The maximum Gasteiger partial charge on any atom is 0.156 e. The van der Waals surface area contributed by atoms with Crippen molar-refractivity contribution in [3.63, 3.8) is 0 Å². The standard InChI is InChI=1S/C17H22ClN5O/c1-10-16(18)14(5-6-19-10)23-7-12(11-3-4-11)13(8-23)17-20-15(9-24-2)21-22-17/h5-6,11-13H,3-4,7-9H2,1-2H3,(H,20,21,22)/t12-,13+/m1/s1. The normalized spacial score (nSPS) is 23.9. The topological polar surface area (TPSA) is 66.9 Å².